The second-order valence-electron chi connectivity index (χ2n) is 4.94. The number of carbonyl (C=O) groups excluding carboxylic acids is 1. The summed E-state index contributed by atoms with van der Waals surface area (Å²) in [6.07, 6.45) is 0. The first-order chi connectivity index (χ1) is 10.6. The maximum atomic E-state index is 12.9. The molecule has 0 saturated heterocycles. The molecule has 0 radical (unpaired) electrons. The predicted molar refractivity (Wildman–Crippen MR) is 88.1 cm³/mol. The van der Waals surface area contributed by atoms with Gasteiger partial charge in [0.15, 0.2) is 0 Å². The van der Waals surface area contributed by atoms with Gasteiger partial charge in [-0.05, 0) is 37.6 Å². The molecule has 0 spiro atoms. The van der Waals surface area contributed by atoms with Crippen LogP contribution in [0, 0.1) is 6.92 Å². The number of benzene rings is 2. The SMILES string of the molecule is CCN(C(=O)c1cc(OC)cc(OC)c1)c1ccccc1C. The summed E-state index contributed by atoms with van der Waals surface area (Å²) in [5, 5.41) is 0. The Bertz CT molecular complexity index is 645. The van der Waals surface area contributed by atoms with Gasteiger partial charge in [-0.2, -0.15) is 0 Å². The zero-order valence-electron chi connectivity index (χ0n) is 13.4. The summed E-state index contributed by atoms with van der Waals surface area (Å²) in [6, 6.07) is 13.1. The number of rotatable bonds is 5. The third kappa shape index (κ3) is 3.22. The Labute approximate surface area is 131 Å². The van der Waals surface area contributed by atoms with Crippen LogP contribution in [0.4, 0.5) is 5.69 Å². The summed E-state index contributed by atoms with van der Waals surface area (Å²) in [4.78, 5) is 14.6. The summed E-state index contributed by atoms with van der Waals surface area (Å²) in [5.74, 6) is 1.13. The minimum absolute atomic E-state index is 0.0750. The first kappa shape index (κ1) is 15.9. The lowest BCUT2D eigenvalue weighted by Crippen LogP contribution is -2.31. The third-order valence-electron chi connectivity index (χ3n) is 3.57. The average molecular weight is 299 g/mol. The van der Waals surface area contributed by atoms with Crippen LogP contribution in [0.3, 0.4) is 0 Å². The summed E-state index contributed by atoms with van der Waals surface area (Å²) in [7, 11) is 3.14. The number of methoxy groups -OCH3 is 2. The van der Waals surface area contributed by atoms with E-state index in [2.05, 4.69) is 0 Å². The molecule has 0 aliphatic rings. The van der Waals surface area contributed by atoms with Crippen molar-refractivity contribution in [1.29, 1.82) is 0 Å². The molecule has 0 saturated carbocycles. The van der Waals surface area contributed by atoms with Gasteiger partial charge in [0, 0.05) is 23.9 Å². The topological polar surface area (TPSA) is 38.8 Å². The van der Waals surface area contributed by atoms with Crippen LogP contribution < -0.4 is 14.4 Å². The van der Waals surface area contributed by atoms with E-state index in [1.807, 2.05) is 38.1 Å². The molecule has 0 aromatic heterocycles. The van der Waals surface area contributed by atoms with Crippen molar-refractivity contribution < 1.29 is 14.3 Å². The van der Waals surface area contributed by atoms with Crippen molar-refractivity contribution in [1.82, 2.24) is 0 Å². The standard InChI is InChI=1S/C18H21NO3/c1-5-19(17-9-7-6-8-13(17)2)18(20)14-10-15(21-3)12-16(11-14)22-4/h6-12H,5H2,1-4H3. The third-order valence-corrected chi connectivity index (χ3v) is 3.57. The summed E-state index contributed by atoms with van der Waals surface area (Å²) in [6.45, 7) is 4.54. The highest BCUT2D eigenvalue weighted by Crippen LogP contribution is 2.26. The number of aryl methyl sites for hydroxylation is 1. The molecule has 0 heterocycles. The predicted octanol–water partition coefficient (Wildman–Crippen LogP) is 3.68. The Kier molecular flexibility index (Phi) is 5.04. The lowest BCUT2D eigenvalue weighted by Gasteiger charge is -2.23. The van der Waals surface area contributed by atoms with Crippen LogP contribution in [0.25, 0.3) is 0 Å². The lowest BCUT2D eigenvalue weighted by molar-refractivity contribution is 0.0987. The van der Waals surface area contributed by atoms with Gasteiger partial charge in [-0.3, -0.25) is 4.79 Å². The van der Waals surface area contributed by atoms with Gasteiger partial charge in [0.1, 0.15) is 11.5 Å². The van der Waals surface area contributed by atoms with Crippen molar-refractivity contribution in [2.24, 2.45) is 0 Å². The van der Waals surface area contributed by atoms with E-state index in [1.54, 1.807) is 37.3 Å². The Balaban J connectivity index is 2.43. The normalized spacial score (nSPS) is 10.2. The highest BCUT2D eigenvalue weighted by molar-refractivity contribution is 6.07. The molecule has 0 aliphatic carbocycles. The number of ether oxygens (including phenoxy) is 2. The molecular weight excluding hydrogens is 278 g/mol. The molecule has 4 heteroatoms. The molecule has 2 aromatic rings. The quantitative estimate of drug-likeness (QED) is 0.845. The van der Waals surface area contributed by atoms with Gasteiger partial charge in [0.05, 0.1) is 14.2 Å². The van der Waals surface area contributed by atoms with Gasteiger partial charge in [0.2, 0.25) is 0 Å². The number of hydrogen-bond acceptors (Lipinski definition) is 3. The summed E-state index contributed by atoms with van der Waals surface area (Å²) >= 11 is 0. The van der Waals surface area contributed by atoms with Gasteiger partial charge in [-0.1, -0.05) is 18.2 Å². The number of amides is 1. The smallest absolute Gasteiger partial charge is 0.258 e. The molecular formula is C18H21NO3. The van der Waals surface area contributed by atoms with Crippen molar-refractivity contribution >= 4 is 11.6 Å². The largest absolute Gasteiger partial charge is 0.497 e. The fourth-order valence-corrected chi connectivity index (χ4v) is 2.38. The van der Waals surface area contributed by atoms with Crippen LogP contribution in [-0.2, 0) is 0 Å². The van der Waals surface area contributed by atoms with E-state index in [4.69, 9.17) is 9.47 Å². The van der Waals surface area contributed by atoms with Crippen LogP contribution >= 0.6 is 0 Å². The first-order valence-corrected chi connectivity index (χ1v) is 7.21. The van der Waals surface area contributed by atoms with E-state index in [-0.39, 0.29) is 5.91 Å². The van der Waals surface area contributed by atoms with Crippen molar-refractivity contribution in [2.75, 3.05) is 25.7 Å². The second kappa shape index (κ2) is 6.98. The van der Waals surface area contributed by atoms with Gasteiger partial charge >= 0.3 is 0 Å². The minimum atomic E-state index is -0.0750. The van der Waals surface area contributed by atoms with E-state index < -0.39 is 0 Å². The van der Waals surface area contributed by atoms with Gasteiger partial charge in [0.25, 0.3) is 5.91 Å². The molecule has 1 amide bonds. The van der Waals surface area contributed by atoms with E-state index in [0.717, 1.165) is 11.3 Å². The number of hydrogen-bond donors (Lipinski definition) is 0. The number of para-hydroxylation sites is 1. The minimum Gasteiger partial charge on any atom is -0.497 e. The second-order valence-corrected chi connectivity index (χ2v) is 4.94. The van der Waals surface area contributed by atoms with Crippen LogP contribution in [0.5, 0.6) is 11.5 Å². The monoisotopic (exact) mass is 299 g/mol. The van der Waals surface area contributed by atoms with Crippen LogP contribution in [0.1, 0.15) is 22.8 Å². The fourth-order valence-electron chi connectivity index (χ4n) is 2.38. The molecule has 0 atom stereocenters. The molecule has 22 heavy (non-hydrogen) atoms. The highest BCUT2D eigenvalue weighted by atomic mass is 16.5. The first-order valence-electron chi connectivity index (χ1n) is 7.21. The van der Waals surface area contributed by atoms with Gasteiger partial charge in [-0.15, -0.1) is 0 Å². The average Bonchev–Trinajstić information content (AvgIpc) is 2.56. The Morgan fingerprint density at radius 3 is 2.14 bits per heavy atom. The van der Waals surface area contributed by atoms with Gasteiger partial charge in [-0.25, -0.2) is 0 Å². The lowest BCUT2D eigenvalue weighted by atomic mass is 10.1. The summed E-state index contributed by atoms with van der Waals surface area (Å²) < 4.78 is 10.5. The summed E-state index contributed by atoms with van der Waals surface area (Å²) in [5.41, 5.74) is 2.52. The highest BCUT2D eigenvalue weighted by Gasteiger charge is 2.19. The van der Waals surface area contributed by atoms with E-state index in [1.165, 1.54) is 0 Å². The van der Waals surface area contributed by atoms with E-state index in [9.17, 15) is 4.79 Å². The fraction of sp³-hybridized carbons (Fsp3) is 0.278. The zero-order chi connectivity index (χ0) is 16.1. The van der Waals surface area contributed by atoms with Crippen LogP contribution in [-0.4, -0.2) is 26.7 Å². The maximum Gasteiger partial charge on any atom is 0.258 e. The Morgan fingerprint density at radius 1 is 1.05 bits per heavy atom. The van der Waals surface area contributed by atoms with Crippen molar-refractivity contribution in [3.05, 3.63) is 53.6 Å². The molecule has 116 valence electrons. The molecule has 0 aliphatic heterocycles. The Morgan fingerprint density at radius 2 is 1.64 bits per heavy atom. The molecule has 0 fully saturated rings. The number of anilines is 1. The van der Waals surface area contributed by atoms with Crippen LogP contribution in [0.2, 0.25) is 0 Å². The molecule has 0 bridgehead atoms. The molecule has 0 unspecified atom stereocenters. The van der Waals surface area contributed by atoms with Crippen molar-refractivity contribution in [3.8, 4) is 11.5 Å². The van der Waals surface area contributed by atoms with Crippen molar-refractivity contribution in [3.63, 3.8) is 0 Å². The zero-order valence-corrected chi connectivity index (χ0v) is 13.4. The molecule has 2 rings (SSSR count). The van der Waals surface area contributed by atoms with E-state index >= 15 is 0 Å². The maximum absolute atomic E-state index is 12.9. The van der Waals surface area contributed by atoms with E-state index in [0.29, 0.717) is 23.6 Å². The van der Waals surface area contributed by atoms with Crippen LogP contribution in [0.15, 0.2) is 42.5 Å². The number of nitrogens with zero attached hydrogens (tertiary/aromatic N) is 1. The molecule has 4 nitrogen and oxygen atoms in total. The van der Waals surface area contributed by atoms with Crippen molar-refractivity contribution in [2.45, 2.75) is 13.8 Å². The van der Waals surface area contributed by atoms with Gasteiger partial charge < -0.3 is 14.4 Å². The molecule has 0 N–H and O–H groups in total. The Hall–Kier alpha value is -2.49. The molecule has 2 aromatic carbocycles. The number of carbonyl (C=O) groups is 1.